The molecule has 1 saturated carbocycles. The zero-order chi connectivity index (χ0) is 26.7. The second-order valence-corrected chi connectivity index (χ2v) is 10.5. The molecular weight excluding hydrogens is 458 g/mol. The summed E-state index contributed by atoms with van der Waals surface area (Å²) in [4.78, 5) is 16.6. The van der Waals surface area contributed by atoms with E-state index < -0.39 is 0 Å². The maximum absolute atomic E-state index is 12.2. The lowest BCUT2D eigenvalue weighted by molar-refractivity contribution is 0.0667. The molecule has 2 aromatic heterocycles. The van der Waals surface area contributed by atoms with Gasteiger partial charge in [0.15, 0.2) is 11.7 Å². The second-order valence-electron chi connectivity index (χ2n) is 10.5. The van der Waals surface area contributed by atoms with Gasteiger partial charge in [0.05, 0.1) is 18.0 Å². The average molecular weight is 500 g/mol. The number of aromatic amines is 1. The summed E-state index contributed by atoms with van der Waals surface area (Å²) in [6.07, 6.45) is 2.48. The van der Waals surface area contributed by atoms with E-state index in [1.165, 1.54) is 6.20 Å². The summed E-state index contributed by atoms with van der Waals surface area (Å²) in [5.41, 5.74) is 2.38. The third-order valence-corrected chi connectivity index (χ3v) is 6.43. The Morgan fingerprint density at radius 2 is 2.06 bits per heavy atom. The summed E-state index contributed by atoms with van der Waals surface area (Å²) in [6, 6.07) is 3.90. The van der Waals surface area contributed by atoms with Crippen LogP contribution in [0, 0.1) is 5.92 Å². The molecule has 0 aromatic carbocycles. The minimum Gasteiger partial charge on any atom is -0.443 e. The molecule has 2 fully saturated rings. The molecule has 1 aliphatic carbocycles. The maximum atomic E-state index is 12.2. The quantitative estimate of drug-likeness (QED) is 0.387. The zero-order valence-corrected chi connectivity index (χ0v) is 22.8. The summed E-state index contributed by atoms with van der Waals surface area (Å²) >= 11 is 0. The predicted octanol–water partition coefficient (Wildman–Crippen LogP) is 4.82. The Hall–Kier alpha value is -3.14. The molecule has 10 heteroatoms. The largest absolute Gasteiger partial charge is 0.443 e. The van der Waals surface area contributed by atoms with Gasteiger partial charge in [-0.05, 0) is 25.8 Å². The van der Waals surface area contributed by atoms with Crippen LogP contribution in [-0.2, 0) is 21.9 Å². The van der Waals surface area contributed by atoms with Gasteiger partial charge in [-0.2, -0.15) is 10.2 Å². The number of carbonyl (C=O) groups excluding carboxylic acids is 1. The van der Waals surface area contributed by atoms with Gasteiger partial charge in [-0.25, -0.2) is 9.79 Å². The van der Waals surface area contributed by atoms with Crippen molar-refractivity contribution in [3.8, 4) is 0 Å². The fourth-order valence-corrected chi connectivity index (χ4v) is 3.91. The molecule has 1 saturated heterocycles. The highest BCUT2D eigenvalue weighted by Gasteiger charge is 2.42. The number of amidine groups is 1. The van der Waals surface area contributed by atoms with Gasteiger partial charge >= 0.3 is 6.09 Å². The summed E-state index contributed by atoms with van der Waals surface area (Å²) in [5, 5.41) is 18.3. The SMILES string of the molecule is C=CN=C(Nc1cc(C2OCC(OC(=O)NC3(C)CC3)C2C)[nH]n1)c1cc(C(C)(C)C)nn1C.CC. The lowest BCUT2D eigenvalue weighted by Crippen LogP contribution is -2.38. The highest BCUT2D eigenvalue weighted by Crippen LogP contribution is 2.37. The van der Waals surface area contributed by atoms with Gasteiger partial charge in [-0.3, -0.25) is 9.78 Å². The molecular formula is C26H41N7O3. The number of hydrogen-bond acceptors (Lipinski definition) is 6. The Kier molecular flexibility index (Phi) is 8.28. The monoisotopic (exact) mass is 499 g/mol. The molecule has 198 valence electrons. The third-order valence-electron chi connectivity index (χ3n) is 6.43. The highest BCUT2D eigenvalue weighted by molar-refractivity contribution is 6.07. The van der Waals surface area contributed by atoms with Crippen LogP contribution in [0.25, 0.3) is 0 Å². The van der Waals surface area contributed by atoms with Crippen molar-refractivity contribution in [1.82, 2.24) is 25.3 Å². The number of nitrogens with one attached hydrogen (secondary N) is 3. The Balaban J connectivity index is 0.00000176. The molecule has 36 heavy (non-hydrogen) atoms. The number of nitrogens with zero attached hydrogens (tertiary/aromatic N) is 4. The second kappa shape index (κ2) is 10.9. The molecule has 0 radical (unpaired) electrons. The van der Waals surface area contributed by atoms with Crippen LogP contribution in [0.1, 0.15) is 84.5 Å². The molecule has 3 heterocycles. The van der Waals surface area contributed by atoms with Gasteiger partial charge < -0.3 is 20.1 Å². The lowest BCUT2D eigenvalue weighted by Gasteiger charge is -2.19. The molecule has 3 unspecified atom stereocenters. The first-order valence-corrected chi connectivity index (χ1v) is 12.7. The van der Waals surface area contributed by atoms with E-state index in [-0.39, 0.29) is 35.2 Å². The minimum absolute atomic E-state index is 0.0289. The fourth-order valence-electron chi connectivity index (χ4n) is 3.91. The number of H-pyrrole nitrogens is 1. The van der Waals surface area contributed by atoms with Crippen LogP contribution >= 0.6 is 0 Å². The molecule has 3 atom stereocenters. The number of aliphatic imine (C=N–C) groups is 1. The molecule has 10 nitrogen and oxygen atoms in total. The number of ether oxygens (including phenoxy) is 2. The lowest BCUT2D eigenvalue weighted by atomic mass is 9.92. The molecule has 1 aliphatic heterocycles. The van der Waals surface area contributed by atoms with Crippen molar-refractivity contribution in [2.24, 2.45) is 18.0 Å². The van der Waals surface area contributed by atoms with Crippen molar-refractivity contribution < 1.29 is 14.3 Å². The molecule has 1 amide bonds. The summed E-state index contributed by atoms with van der Waals surface area (Å²) in [6.45, 7) is 18.5. The van der Waals surface area contributed by atoms with Crippen molar-refractivity contribution in [1.29, 1.82) is 0 Å². The summed E-state index contributed by atoms with van der Waals surface area (Å²) in [5.74, 6) is 1.15. The van der Waals surface area contributed by atoms with E-state index in [1.54, 1.807) is 4.68 Å². The van der Waals surface area contributed by atoms with Crippen molar-refractivity contribution in [2.45, 2.75) is 84.5 Å². The minimum atomic E-state index is -0.385. The molecule has 2 aliphatic rings. The fraction of sp³-hybridized carbons (Fsp3) is 0.615. The maximum Gasteiger partial charge on any atom is 0.407 e. The number of alkyl carbamates (subject to hydrolysis) is 1. The number of rotatable bonds is 6. The van der Waals surface area contributed by atoms with Crippen LogP contribution in [0.5, 0.6) is 0 Å². The number of aryl methyl sites for hydroxylation is 1. The van der Waals surface area contributed by atoms with Gasteiger partial charge in [0.1, 0.15) is 17.9 Å². The Bertz CT molecular complexity index is 1090. The van der Waals surface area contributed by atoms with Crippen LogP contribution in [-0.4, -0.2) is 50.2 Å². The van der Waals surface area contributed by atoms with Crippen LogP contribution in [0.3, 0.4) is 0 Å². The highest BCUT2D eigenvalue weighted by atomic mass is 16.6. The first-order chi connectivity index (χ1) is 17.0. The van der Waals surface area contributed by atoms with E-state index in [9.17, 15) is 4.79 Å². The predicted molar refractivity (Wildman–Crippen MR) is 141 cm³/mol. The molecule has 4 rings (SSSR count). The van der Waals surface area contributed by atoms with E-state index in [4.69, 9.17) is 9.47 Å². The van der Waals surface area contributed by atoms with Crippen LogP contribution in [0.4, 0.5) is 10.6 Å². The van der Waals surface area contributed by atoms with Crippen molar-refractivity contribution >= 4 is 17.7 Å². The topological polar surface area (TPSA) is 118 Å². The average Bonchev–Trinajstić information content (AvgIpc) is 3.14. The molecule has 0 spiro atoms. The first-order valence-electron chi connectivity index (χ1n) is 12.7. The number of anilines is 1. The van der Waals surface area contributed by atoms with Gasteiger partial charge in [-0.1, -0.05) is 48.1 Å². The van der Waals surface area contributed by atoms with Gasteiger partial charge in [0.2, 0.25) is 0 Å². The summed E-state index contributed by atoms with van der Waals surface area (Å²) in [7, 11) is 1.88. The molecule has 0 bridgehead atoms. The van der Waals surface area contributed by atoms with Crippen LogP contribution in [0.15, 0.2) is 29.9 Å². The number of carbonyl (C=O) groups is 1. The Morgan fingerprint density at radius 3 is 2.64 bits per heavy atom. The van der Waals surface area contributed by atoms with Crippen molar-refractivity contribution in [3.05, 3.63) is 42.0 Å². The van der Waals surface area contributed by atoms with E-state index >= 15 is 0 Å². The third kappa shape index (κ3) is 6.34. The first kappa shape index (κ1) is 27.4. The van der Waals surface area contributed by atoms with Crippen LogP contribution in [0.2, 0.25) is 0 Å². The van der Waals surface area contributed by atoms with Gasteiger partial charge in [0, 0.05) is 36.2 Å². The zero-order valence-electron chi connectivity index (χ0n) is 22.8. The van der Waals surface area contributed by atoms with E-state index in [0.29, 0.717) is 18.3 Å². The van der Waals surface area contributed by atoms with Crippen molar-refractivity contribution in [3.63, 3.8) is 0 Å². The van der Waals surface area contributed by atoms with E-state index in [1.807, 2.05) is 46.9 Å². The molecule has 3 N–H and O–H groups in total. The normalized spacial score (nSPS) is 22.9. The standard InChI is InChI=1S/C24H35N7O3.C2H6/c1-8-25-21(16-12-18(23(3,4)5)30-31(16)7)26-19-11-15(28-29-19)20-14(2)17(13-33-20)34-22(32)27-24(6)9-10-24;1-2/h8,11-12,14,17,20H,1,9-10,13H2,2-7H3,(H,27,32)(H2,25,26,28,29);1-2H3. The Morgan fingerprint density at radius 1 is 1.36 bits per heavy atom. The van der Waals surface area contributed by atoms with Crippen LogP contribution < -0.4 is 10.6 Å². The Labute approximate surface area is 213 Å². The van der Waals surface area contributed by atoms with Gasteiger partial charge in [-0.15, -0.1) is 0 Å². The van der Waals surface area contributed by atoms with Crippen molar-refractivity contribution in [2.75, 3.05) is 11.9 Å². The summed E-state index contributed by atoms with van der Waals surface area (Å²) < 4.78 is 13.4. The van der Waals surface area contributed by atoms with E-state index in [2.05, 4.69) is 58.3 Å². The number of aromatic nitrogens is 4. The molecule has 2 aromatic rings. The smallest absolute Gasteiger partial charge is 0.407 e. The number of hydrogen-bond donors (Lipinski definition) is 3. The van der Waals surface area contributed by atoms with Gasteiger partial charge in [0.25, 0.3) is 0 Å². The van der Waals surface area contributed by atoms with E-state index in [0.717, 1.165) is 29.9 Å². The number of amides is 1.